The van der Waals surface area contributed by atoms with Crippen molar-refractivity contribution in [1.82, 2.24) is 14.3 Å². The second-order valence-corrected chi connectivity index (χ2v) is 7.54. The normalized spacial score (nSPS) is 17.4. The van der Waals surface area contributed by atoms with E-state index in [1.807, 2.05) is 20.8 Å². The lowest BCUT2D eigenvalue weighted by atomic mass is 9.96. The van der Waals surface area contributed by atoms with Gasteiger partial charge in [0.2, 0.25) is 5.13 Å². The highest BCUT2D eigenvalue weighted by atomic mass is 32.1. The third-order valence-corrected chi connectivity index (χ3v) is 4.46. The van der Waals surface area contributed by atoms with Gasteiger partial charge in [-0.3, -0.25) is 4.79 Å². The fourth-order valence-corrected chi connectivity index (χ4v) is 3.11. The van der Waals surface area contributed by atoms with Crippen LogP contribution in [-0.2, 0) is 10.2 Å². The number of aromatic nitrogens is 2. The van der Waals surface area contributed by atoms with Crippen molar-refractivity contribution in [1.29, 1.82) is 0 Å². The summed E-state index contributed by atoms with van der Waals surface area (Å²) in [6, 6.07) is 0. The summed E-state index contributed by atoms with van der Waals surface area (Å²) in [5.41, 5.74) is -0.111. The van der Waals surface area contributed by atoms with Gasteiger partial charge in [-0.05, 0) is 18.8 Å². The maximum atomic E-state index is 12.4. The monoisotopic (exact) mass is 350 g/mol. The number of hydrogen-bond acceptors (Lipinski definition) is 5. The molecular formula is C14H21F3N4OS. The minimum Gasteiger partial charge on any atom is -0.360 e. The molecule has 1 amide bonds. The van der Waals surface area contributed by atoms with E-state index in [4.69, 9.17) is 0 Å². The van der Waals surface area contributed by atoms with Gasteiger partial charge < -0.3 is 10.2 Å². The molecule has 0 bridgehead atoms. The first-order chi connectivity index (χ1) is 10.6. The van der Waals surface area contributed by atoms with Crippen molar-refractivity contribution in [3.63, 3.8) is 0 Å². The Morgan fingerprint density at radius 2 is 1.91 bits per heavy atom. The lowest BCUT2D eigenvalue weighted by Gasteiger charge is -2.32. The molecule has 2 rings (SSSR count). The summed E-state index contributed by atoms with van der Waals surface area (Å²) in [6.07, 6.45) is -3.67. The topological polar surface area (TPSA) is 58.1 Å². The lowest BCUT2D eigenvalue weighted by Crippen LogP contribution is -2.46. The Balaban J connectivity index is 1.79. The summed E-state index contributed by atoms with van der Waals surface area (Å²) in [6.45, 7) is 7.03. The first-order valence-corrected chi connectivity index (χ1v) is 8.29. The molecule has 1 saturated heterocycles. The number of nitrogens with zero attached hydrogens (tertiary/aromatic N) is 3. The smallest absolute Gasteiger partial charge is 0.360 e. The number of carbonyl (C=O) groups excluding carboxylic acids is 1. The van der Waals surface area contributed by atoms with Gasteiger partial charge >= 0.3 is 12.1 Å². The largest absolute Gasteiger partial charge is 0.471 e. The predicted molar refractivity (Wildman–Crippen MR) is 82.5 cm³/mol. The van der Waals surface area contributed by atoms with Crippen molar-refractivity contribution in [2.24, 2.45) is 5.92 Å². The number of alkyl halides is 3. The first-order valence-electron chi connectivity index (χ1n) is 7.51. The van der Waals surface area contributed by atoms with Gasteiger partial charge in [-0.15, -0.1) is 0 Å². The van der Waals surface area contributed by atoms with E-state index in [1.54, 1.807) is 0 Å². The third-order valence-electron chi connectivity index (χ3n) is 3.78. The Morgan fingerprint density at radius 3 is 2.39 bits per heavy atom. The second kappa shape index (κ2) is 6.62. The summed E-state index contributed by atoms with van der Waals surface area (Å²) in [7, 11) is 0. The molecule has 1 aliphatic heterocycles. The van der Waals surface area contributed by atoms with Crippen LogP contribution >= 0.6 is 11.5 Å². The van der Waals surface area contributed by atoms with Crippen LogP contribution in [0.1, 0.15) is 39.4 Å². The number of rotatable bonds is 3. The molecule has 1 aromatic rings. The Bertz CT molecular complexity index is 545. The van der Waals surface area contributed by atoms with E-state index in [0.717, 1.165) is 15.9 Å². The summed E-state index contributed by atoms with van der Waals surface area (Å²) in [4.78, 5) is 16.5. The van der Waals surface area contributed by atoms with Gasteiger partial charge in [0.1, 0.15) is 5.82 Å². The van der Waals surface area contributed by atoms with Crippen molar-refractivity contribution in [3.8, 4) is 0 Å². The highest BCUT2D eigenvalue weighted by Gasteiger charge is 2.43. The van der Waals surface area contributed by atoms with Crippen LogP contribution in [0, 0.1) is 5.92 Å². The van der Waals surface area contributed by atoms with Gasteiger partial charge in [0.25, 0.3) is 0 Å². The predicted octanol–water partition coefficient (Wildman–Crippen LogP) is 3.05. The van der Waals surface area contributed by atoms with Crippen LogP contribution in [-0.4, -0.2) is 46.0 Å². The van der Waals surface area contributed by atoms with Gasteiger partial charge in [-0.25, -0.2) is 4.98 Å². The van der Waals surface area contributed by atoms with Crippen LogP contribution in [0.3, 0.4) is 0 Å². The van der Waals surface area contributed by atoms with Gasteiger partial charge in [-0.1, -0.05) is 20.8 Å². The standard InChI is InChI=1S/C14H21F3N4OS/c1-13(2,3)10-19-12(23-20-10)18-8-9-4-6-21(7-5-9)11(22)14(15,16)17/h9H,4-8H2,1-3H3,(H,18,19,20). The number of piperidine rings is 1. The molecule has 130 valence electrons. The molecule has 1 N–H and O–H groups in total. The Hall–Kier alpha value is -1.38. The van der Waals surface area contributed by atoms with Crippen molar-refractivity contribution in [2.75, 3.05) is 25.0 Å². The zero-order valence-corrected chi connectivity index (χ0v) is 14.2. The van der Waals surface area contributed by atoms with E-state index >= 15 is 0 Å². The van der Waals surface area contributed by atoms with Crippen LogP contribution in [0.15, 0.2) is 0 Å². The van der Waals surface area contributed by atoms with Gasteiger partial charge in [-0.2, -0.15) is 17.5 Å². The zero-order chi connectivity index (χ0) is 17.3. The molecule has 0 radical (unpaired) electrons. The van der Waals surface area contributed by atoms with E-state index in [2.05, 4.69) is 14.7 Å². The van der Waals surface area contributed by atoms with Gasteiger partial charge in [0.05, 0.1) is 0 Å². The molecular weight excluding hydrogens is 329 g/mol. The maximum absolute atomic E-state index is 12.4. The third kappa shape index (κ3) is 4.79. The molecule has 0 saturated carbocycles. The highest BCUT2D eigenvalue weighted by molar-refractivity contribution is 7.09. The molecule has 0 unspecified atom stereocenters. The number of halogens is 3. The van der Waals surface area contributed by atoms with Crippen LogP contribution in [0.5, 0.6) is 0 Å². The van der Waals surface area contributed by atoms with Crippen LogP contribution in [0.2, 0.25) is 0 Å². The number of carbonyl (C=O) groups is 1. The summed E-state index contributed by atoms with van der Waals surface area (Å²) in [5.74, 6) is -0.729. The molecule has 2 heterocycles. The van der Waals surface area contributed by atoms with E-state index in [0.29, 0.717) is 19.4 Å². The number of anilines is 1. The SMILES string of the molecule is CC(C)(C)c1nsc(NCC2CCN(C(=O)C(F)(F)F)CC2)n1. The van der Waals surface area contributed by atoms with E-state index in [9.17, 15) is 18.0 Å². The van der Waals surface area contributed by atoms with E-state index < -0.39 is 12.1 Å². The summed E-state index contributed by atoms with van der Waals surface area (Å²) < 4.78 is 41.4. The highest BCUT2D eigenvalue weighted by Crippen LogP contribution is 2.26. The zero-order valence-electron chi connectivity index (χ0n) is 13.4. The summed E-state index contributed by atoms with van der Waals surface area (Å²) in [5, 5.41) is 3.93. The Morgan fingerprint density at radius 1 is 1.30 bits per heavy atom. The summed E-state index contributed by atoms with van der Waals surface area (Å²) >= 11 is 1.29. The van der Waals surface area contributed by atoms with Crippen LogP contribution in [0.4, 0.5) is 18.3 Å². The minimum atomic E-state index is -4.78. The number of amides is 1. The molecule has 0 atom stereocenters. The maximum Gasteiger partial charge on any atom is 0.471 e. The second-order valence-electron chi connectivity index (χ2n) is 6.79. The Labute approximate surface area is 137 Å². The van der Waals surface area contributed by atoms with E-state index in [-0.39, 0.29) is 24.4 Å². The Kier molecular flexibility index (Phi) is 5.17. The van der Waals surface area contributed by atoms with Crippen molar-refractivity contribution in [2.45, 2.75) is 45.2 Å². The van der Waals surface area contributed by atoms with Gasteiger partial charge in [0, 0.05) is 36.6 Å². The molecule has 23 heavy (non-hydrogen) atoms. The van der Waals surface area contributed by atoms with Crippen molar-refractivity contribution in [3.05, 3.63) is 5.82 Å². The first kappa shape index (κ1) is 18.0. The van der Waals surface area contributed by atoms with Crippen molar-refractivity contribution >= 4 is 22.6 Å². The molecule has 0 aromatic carbocycles. The van der Waals surface area contributed by atoms with Crippen LogP contribution in [0.25, 0.3) is 0 Å². The quantitative estimate of drug-likeness (QED) is 0.910. The fraction of sp³-hybridized carbons (Fsp3) is 0.786. The molecule has 1 aliphatic rings. The molecule has 0 aliphatic carbocycles. The van der Waals surface area contributed by atoms with Crippen molar-refractivity contribution < 1.29 is 18.0 Å². The fourth-order valence-electron chi connectivity index (χ4n) is 2.35. The van der Waals surface area contributed by atoms with Gasteiger partial charge in [0.15, 0.2) is 0 Å². The number of nitrogens with one attached hydrogen (secondary N) is 1. The van der Waals surface area contributed by atoms with Crippen LogP contribution < -0.4 is 5.32 Å². The number of hydrogen-bond donors (Lipinski definition) is 1. The number of likely N-dealkylation sites (tertiary alicyclic amines) is 1. The average Bonchev–Trinajstić information content (AvgIpc) is 2.93. The van der Waals surface area contributed by atoms with E-state index in [1.165, 1.54) is 11.5 Å². The molecule has 9 heteroatoms. The molecule has 1 aromatic heterocycles. The molecule has 5 nitrogen and oxygen atoms in total. The average molecular weight is 350 g/mol. The minimum absolute atomic E-state index is 0.111. The lowest BCUT2D eigenvalue weighted by molar-refractivity contribution is -0.186. The molecule has 0 spiro atoms. The molecule has 1 fully saturated rings.